The van der Waals surface area contributed by atoms with Gasteiger partial charge < -0.3 is 16.0 Å². The third-order valence-electron chi connectivity index (χ3n) is 7.10. The largest absolute Gasteiger partial charge is 0.382 e. The standard InChI is InChI=1S/C27H30FN5O.C2H6/c1-16(2)19-4-3-11-33(15-19)20-6-8-22(23(28)13-20)24-14-31-26(29)25(32-24)18-5-7-21-17(12-18)9-10-30-27(21)34;1-2/h5-8,12-14,16,19H,3-4,9-11,15H2,1-2H3,(H2,29,31)(H,30,34);1-2H3/t19-;/m1./s1. The molecular formula is C29H36FN5O. The van der Waals surface area contributed by atoms with Crippen LogP contribution in [0, 0.1) is 17.7 Å². The van der Waals surface area contributed by atoms with Crippen LogP contribution >= 0.6 is 0 Å². The molecule has 2 aromatic carbocycles. The van der Waals surface area contributed by atoms with E-state index in [1.807, 2.05) is 32.0 Å². The Morgan fingerprint density at radius 2 is 1.92 bits per heavy atom. The number of nitrogens with zero attached hydrogens (tertiary/aromatic N) is 3. The molecule has 1 amide bonds. The van der Waals surface area contributed by atoms with E-state index in [9.17, 15) is 4.79 Å². The number of nitrogen functional groups attached to an aromatic ring is 1. The quantitative estimate of drug-likeness (QED) is 0.490. The van der Waals surface area contributed by atoms with E-state index in [2.05, 4.69) is 34.0 Å². The maximum Gasteiger partial charge on any atom is 0.251 e. The van der Waals surface area contributed by atoms with Crippen molar-refractivity contribution in [3.05, 3.63) is 59.5 Å². The molecule has 0 bridgehead atoms. The lowest BCUT2D eigenvalue weighted by atomic mass is 9.87. The molecular weight excluding hydrogens is 453 g/mol. The predicted molar refractivity (Wildman–Crippen MR) is 144 cm³/mol. The number of piperidine rings is 1. The molecule has 0 unspecified atom stereocenters. The minimum absolute atomic E-state index is 0.0730. The molecule has 3 heterocycles. The van der Waals surface area contributed by atoms with Gasteiger partial charge in [-0.1, -0.05) is 33.8 Å². The van der Waals surface area contributed by atoms with Crippen LogP contribution in [0.4, 0.5) is 15.9 Å². The van der Waals surface area contributed by atoms with Crippen LogP contribution in [0.2, 0.25) is 0 Å². The van der Waals surface area contributed by atoms with Gasteiger partial charge in [0.1, 0.15) is 17.3 Å². The van der Waals surface area contributed by atoms with Gasteiger partial charge in [-0.05, 0) is 67.0 Å². The van der Waals surface area contributed by atoms with E-state index in [1.54, 1.807) is 18.2 Å². The normalized spacial score (nSPS) is 17.2. The number of halogens is 1. The van der Waals surface area contributed by atoms with Crippen molar-refractivity contribution in [2.45, 2.75) is 47.0 Å². The molecule has 1 fully saturated rings. The molecule has 1 atom stereocenters. The maximum atomic E-state index is 15.3. The fourth-order valence-electron chi connectivity index (χ4n) is 5.01. The fourth-order valence-corrected chi connectivity index (χ4v) is 5.01. The Kier molecular flexibility index (Phi) is 7.87. The highest BCUT2D eigenvalue weighted by molar-refractivity contribution is 5.97. The van der Waals surface area contributed by atoms with Crippen molar-refractivity contribution < 1.29 is 9.18 Å². The summed E-state index contributed by atoms with van der Waals surface area (Å²) in [5.41, 5.74) is 10.8. The van der Waals surface area contributed by atoms with Gasteiger partial charge in [0, 0.05) is 42.0 Å². The highest BCUT2D eigenvalue weighted by atomic mass is 19.1. The van der Waals surface area contributed by atoms with Crippen LogP contribution < -0.4 is 16.0 Å². The number of nitrogens with two attached hydrogens (primary N) is 1. The Hall–Kier alpha value is -3.48. The minimum Gasteiger partial charge on any atom is -0.382 e. The second-order valence-corrected chi connectivity index (χ2v) is 9.62. The smallest absolute Gasteiger partial charge is 0.251 e. The molecule has 1 aromatic heterocycles. The average molecular weight is 490 g/mol. The third kappa shape index (κ3) is 5.20. The highest BCUT2D eigenvalue weighted by Crippen LogP contribution is 2.33. The lowest BCUT2D eigenvalue weighted by Crippen LogP contribution is -2.37. The van der Waals surface area contributed by atoms with E-state index >= 15 is 4.39 Å². The number of benzene rings is 2. The van der Waals surface area contributed by atoms with Gasteiger partial charge in [0.2, 0.25) is 0 Å². The highest BCUT2D eigenvalue weighted by Gasteiger charge is 2.24. The summed E-state index contributed by atoms with van der Waals surface area (Å²) in [6.07, 6.45) is 4.61. The first-order chi connectivity index (χ1) is 17.4. The zero-order valence-corrected chi connectivity index (χ0v) is 21.6. The van der Waals surface area contributed by atoms with E-state index in [-0.39, 0.29) is 17.5 Å². The molecule has 6 nitrogen and oxygen atoms in total. The third-order valence-corrected chi connectivity index (χ3v) is 7.10. The van der Waals surface area contributed by atoms with Crippen molar-refractivity contribution in [2.75, 3.05) is 30.3 Å². The van der Waals surface area contributed by atoms with Crippen molar-refractivity contribution >= 4 is 17.4 Å². The molecule has 5 rings (SSSR count). The number of fused-ring (bicyclic) bond motifs is 1. The zero-order valence-electron chi connectivity index (χ0n) is 21.6. The molecule has 3 N–H and O–H groups in total. The van der Waals surface area contributed by atoms with Crippen LogP contribution in [0.1, 0.15) is 56.5 Å². The number of rotatable bonds is 4. The lowest BCUT2D eigenvalue weighted by molar-refractivity contribution is 0.0946. The van der Waals surface area contributed by atoms with Gasteiger partial charge in [0.05, 0.1) is 11.9 Å². The van der Waals surface area contributed by atoms with Crippen molar-refractivity contribution in [1.82, 2.24) is 15.3 Å². The van der Waals surface area contributed by atoms with E-state index < -0.39 is 0 Å². The van der Waals surface area contributed by atoms with Crippen LogP contribution in [0.3, 0.4) is 0 Å². The molecule has 2 aliphatic rings. The van der Waals surface area contributed by atoms with Gasteiger partial charge in [-0.3, -0.25) is 4.79 Å². The Labute approximate surface area is 213 Å². The molecule has 36 heavy (non-hydrogen) atoms. The van der Waals surface area contributed by atoms with Crippen LogP contribution in [0.15, 0.2) is 42.6 Å². The summed E-state index contributed by atoms with van der Waals surface area (Å²) in [4.78, 5) is 23.3. The number of carbonyl (C=O) groups is 1. The van der Waals surface area contributed by atoms with Gasteiger partial charge in [-0.15, -0.1) is 0 Å². The number of carbonyl (C=O) groups excluding carboxylic acids is 1. The van der Waals surface area contributed by atoms with Crippen molar-refractivity contribution in [2.24, 2.45) is 11.8 Å². The molecule has 0 aliphatic carbocycles. The van der Waals surface area contributed by atoms with Gasteiger partial charge >= 0.3 is 0 Å². The Morgan fingerprint density at radius 3 is 2.67 bits per heavy atom. The summed E-state index contributed by atoms with van der Waals surface area (Å²) in [7, 11) is 0. The summed E-state index contributed by atoms with van der Waals surface area (Å²) in [5.74, 6) is 1.12. The Morgan fingerprint density at radius 1 is 1.14 bits per heavy atom. The van der Waals surface area contributed by atoms with Crippen molar-refractivity contribution in [1.29, 1.82) is 0 Å². The second-order valence-electron chi connectivity index (χ2n) is 9.62. The topological polar surface area (TPSA) is 84.1 Å². The summed E-state index contributed by atoms with van der Waals surface area (Å²) in [5, 5.41) is 2.84. The SMILES string of the molecule is CC.CC(C)[C@@H]1CCCN(c2ccc(-c3cnc(N)c(-c4ccc5c(c4)CCNC5=O)n3)c(F)c2)C1. The molecule has 0 radical (unpaired) electrons. The molecule has 3 aromatic rings. The summed E-state index contributed by atoms with van der Waals surface area (Å²) < 4.78 is 15.3. The number of hydrogen-bond acceptors (Lipinski definition) is 5. The summed E-state index contributed by atoms with van der Waals surface area (Å²) >= 11 is 0. The Balaban J connectivity index is 0.00000148. The maximum absolute atomic E-state index is 15.3. The number of nitrogens with one attached hydrogen (secondary N) is 1. The predicted octanol–water partition coefficient (Wildman–Crippen LogP) is 5.72. The molecule has 2 aliphatic heterocycles. The summed E-state index contributed by atoms with van der Waals surface area (Å²) in [6, 6.07) is 10.9. The Bertz CT molecular complexity index is 1240. The monoisotopic (exact) mass is 489 g/mol. The molecule has 0 spiro atoms. The van der Waals surface area contributed by atoms with E-state index in [4.69, 9.17) is 5.73 Å². The molecule has 7 heteroatoms. The lowest BCUT2D eigenvalue weighted by Gasteiger charge is -2.36. The first-order valence-electron chi connectivity index (χ1n) is 13.0. The van der Waals surface area contributed by atoms with Gasteiger partial charge in [0.25, 0.3) is 5.91 Å². The zero-order chi connectivity index (χ0) is 25.8. The minimum atomic E-state index is -0.323. The molecule has 0 saturated carbocycles. The molecule has 1 saturated heterocycles. The summed E-state index contributed by atoms with van der Waals surface area (Å²) in [6.45, 7) is 11.0. The van der Waals surface area contributed by atoms with Crippen LogP contribution in [0.25, 0.3) is 22.5 Å². The van der Waals surface area contributed by atoms with E-state index in [0.29, 0.717) is 40.9 Å². The van der Waals surface area contributed by atoms with Crippen LogP contribution in [-0.4, -0.2) is 35.5 Å². The van der Waals surface area contributed by atoms with Crippen molar-refractivity contribution in [3.8, 4) is 22.5 Å². The van der Waals surface area contributed by atoms with Crippen LogP contribution in [0.5, 0.6) is 0 Å². The van der Waals surface area contributed by atoms with Crippen molar-refractivity contribution in [3.63, 3.8) is 0 Å². The first kappa shape index (κ1) is 25.6. The van der Waals surface area contributed by atoms with Gasteiger partial charge in [0.15, 0.2) is 0 Å². The fraction of sp³-hybridized carbons (Fsp3) is 0.414. The number of amides is 1. The number of anilines is 2. The number of aromatic nitrogens is 2. The van der Waals surface area contributed by atoms with E-state index in [1.165, 1.54) is 12.6 Å². The van der Waals surface area contributed by atoms with Gasteiger partial charge in [-0.25, -0.2) is 14.4 Å². The second kappa shape index (κ2) is 11.1. The van der Waals surface area contributed by atoms with Gasteiger partial charge in [-0.2, -0.15) is 0 Å². The number of hydrogen-bond donors (Lipinski definition) is 2. The average Bonchev–Trinajstić information content (AvgIpc) is 2.90. The molecule has 190 valence electrons. The van der Waals surface area contributed by atoms with E-state index in [0.717, 1.165) is 42.7 Å². The van der Waals surface area contributed by atoms with Crippen LogP contribution in [-0.2, 0) is 6.42 Å². The first-order valence-corrected chi connectivity index (χ1v) is 13.0.